The van der Waals surface area contributed by atoms with E-state index in [1.807, 2.05) is 6.92 Å². The van der Waals surface area contributed by atoms with Crippen LogP contribution in [0.1, 0.15) is 6.92 Å². The number of nitrogens with zero attached hydrogens (tertiary/aromatic N) is 1. The Balaban J connectivity index is 2.77. The van der Waals surface area contributed by atoms with Crippen molar-refractivity contribution in [3.63, 3.8) is 0 Å². The molecule has 1 rings (SSSR count). The number of carboxylic acids is 2. The fraction of sp³-hybridized carbons (Fsp3) is 0.308. The molecule has 8 nitrogen and oxygen atoms in total. The van der Waals surface area contributed by atoms with Crippen molar-refractivity contribution in [1.29, 1.82) is 0 Å². The van der Waals surface area contributed by atoms with Crippen LogP contribution in [0.5, 0.6) is 5.75 Å². The van der Waals surface area contributed by atoms with E-state index in [0.717, 1.165) is 0 Å². The van der Waals surface area contributed by atoms with Crippen LogP contribution >= 0.6 is 0 Å². The molecule has 1 aromatic carbocycles. The molecule has 0 atom stereocenters. The summed E-state index contributed by atoms with van der Waals surface area (Å²) in [5.41, 5.74) is 0.381. The number of urea groups is 1. The van der Waals surface area contributed by atoms with Gasteiger partial charge in [-0.25, -0.2) is 4.79 Å². The summed E-state index contributed by atoms with van der Waals surface area (Å²) in [5.74, 6) is -2.05. The quantitative estimate of drug-likeness (QED) is 0.693. The second kappa shape index (κ2) is 7.73. The van der Waals surface area contributed by atoms with Crippen LogP contribution in [-0.2, 0) is 9.59 Å². The third kappa shape index (κ3) is 5.81. The fourth-order valence-corrected chi connectivity index (χ4v) is 1.56. The minimum Gasteiger partial charge on any atom is -0.494 e. The third-order valence-electron chi connectivity index (χ3n) is 2.34. The van der Waals surface area contributed by atoms with Crippen LogP contribution in [0.4, 0.5) is 10.5 Å². The van der Waals surface area contributed by atoms with Gasteiger partial charge in [0, 0.05) is 11.8 Å². The lowest BCUT2D eigenvalue weighted by Gasteiger charge is -2.19. The molecule has 114 valence electrons. The molecule has 3 N–H and O–H groups in total. The maximum Gasteiger partial charge on any atom is 0.323 e. The Labute approximate surface area is 120 Å². The van der Waals surface area contributed by atoms with Crippen molar-refractivity contribution in [2.45, 2.75) is 6.92 Å². The van der Waals surface area contributed by atoms with Gasteiger partial charge in [0.2, 0.25) is 0 Å². The zero-order valence-corrected chi connectivity index (χ0v) is 11.4. The molecule has 0 aliphatic rings. The van der Waals surface area contributed by atoms with Gasteiger partial charge in [-0.05, 0) is 19.1 Å². The lowest BCUT2D eigenvalue weighted by Crippen LogP contribution is -2.41. The Morgan fingerprint density at radius 1 is 1.19 bits per heavy atom. The largest absolute Gasteiger partial charge is 0.494 e. The number of carbonyl (C=O) groups excluding carboxylic acids is 1. The van der Waals surface area contributed by atoms with E-state index in [4.69, 9.17) is 14.9 Å². The predicted octanol–water partition coefficient (Wildman–Crippen LogP) is 1.09. The maximum absolute atomic E-state index is 11.9. The first-order valence-corrected chi connectivity index (χ1v) is 6.14. The number of aliphatic carboxylic acids is 2. The highest BCUT2D eigenvalue weighted by atomic mass is 16.5. The average Bonchev–Trinajstić information content (AvgIpc) is 2.37. The molecule has 0 heterocycles. The summed E-state index contributed by atoms with van der Waals surface area (Å²) < 4.78 is 5.26. The first-order valence-electron chi connectivity index (χ1n) is 6.14. The molecule has 1 aromatic rings. The zero-order chi connectivity index (χ0) is 15.8. The van der Waals surface area contributed by atoms with Crippen LogP contribution in [-0.4, -0.2) is 52.8 Å². The molecule has 8 heteroatoms. The topological polar surface area (TPSA) is 116 Å². The van der Waals surface area contributed by atoms with E-state index in [9.17, 15) is 14.4 Å². The van der Waals surface area contributed by atoms with Gasteiger partial charge in [-0.3, -0.25) is 9.59 Å². The van der Waals surface area contributed by atoms with Gasteiger partial charge in [-0.15, -0.1) is 0 Å². The molecule has 0 aliphatic carbocycles. The second-order valence-electron chi connectivity index (χ2n) is 4.03. The van der Waals surface area contributed by atoms with E-state index < -0.39 is 31.1 Å². The number of hydrogen-bond donors (Lipinski definition) is 3. The minimum atomic E-state index is -1.30. The van der Waals surface area contributed by atoms with Crippen LogP contribution in [0.25, 0.3) is 0 Å². The number of amides is 2. The van der Waals surface area contributed by atoms with Crippen LogP contribution in [0.3, 0.4) is 0 Å². The molecule has 0 bridgehead atoms. The van der Waals surface area contributed by atoms with Crippen molar-refractivity contribution in [3.05, 3.63) is 24.3 Å². The van der Waals surface area contributed by atoms with Crippen molar-refractivity contribution < 1.29 is 29.3 Å². The molecular formula is C13H16N2O6. The number of ether oxygens (including phenoxy) is 1. The maximum atomic E-state index is 11.9. The number of rotatable bonds is 7. The normalized spacial score (nSPS) is 9.76. The molecule has 0 aromatic heterocycles. The van der Waals surface area contributed by atoms with E-state index in [1.54, 1.807) is 24.3 Å². The molecule has 0 saturated heterocycles. The minimum absolute atomic E-state index is 0.381. The highest BCUT2D eigenvalue weighted by molar-refractivity contribution is 5.93. The van der Waals surface area contributed by atoms with Crippen LogP contribution in [0, 0.1) is 0 Å². The lowest BCUT2D eigenvalue weighted by molar-refractivity contribution is -0.140. The molecule has 0 spiro atoms. The first kappa shape index (κ1) is 16.3. The standard InChI is InChI=1S/C13H16N2O6/c1-2-21-10-5-3-4-9(6-10)14-13(20)15(7-11(16)17)8-12(18)19/h3-6H,2,7-8H2,1H3,(H,14,20)(H,16,17)(H,18,19). The van der Waals surface area contributed by atoms with E-state index in [2.05, 4.69) is 5.32 Å². The van der Waals surface area contributed by atoms with Gasteiger partial charge in [-0.1, -0.05) is 6.07 Å². The number of hydrogen-bond acceptors (Lipinski definition) is 4. The van der Waals surface area contributed by atoms with E-state index in [-0.39, 0.29) is 0 Å². The zero-order valence-electron chi connectivity index (χ0n) is 11.4. The predicted molar refractivity (Wildman–Crippen MR) is 73.5 cm³/mol. The summed E-state index contributed by atoms with van der Waals surface area (Å²) in [5, 5.41) is 19.8. The van der Waals surface area contributed by atoms with Crippen LogP contribution in [0.15, 0.2) is 24.3 Å². The summed E-state index contributed by atoms with van der Waals surface area (Å²) in [7, 11) is 0. The monoisotopic (exact) mass is 296 g/mol. The van der Waals surface area contributed by atoms with Gasteiger partial charge in [0.1, 0.15) is 18.8 Å². The SMILES string of the molecule is CCOc1cccc(NC(=O)N(CC(=O)O)CC(=O)O)c1. The van der Waals surface area contributed by atoms with E-state index in [0.29, 0.717) is 22.9 Å². The molecule has 21 heavy (non-hydrogen) atoms. The molecule has 0 unspecified atom stereocenters. The average molecular weight is 296 g/mol. The van der Waals surface area contributed by atoms with Gasteiger partial charge in [0.15, 0.2) is 0 Å². The van der Waals surface area contributed by atoms with Crippen LogP contribution in [0.2, 0.25) is 0 Å². The molecular weight excluding hydrogens is 280 g/mol. The smallest absolute Gasteiger partial charge is 0.323 e. The molecule has 0 saturated carbocycles. The summed E-state index contributed by atoms with van der Waals surface area (Å²) >= 11 is 0. The van der Waals surface area contributed by atoms with Gasteiger partial charge in [0.05, 0.1) is 6.61 Å². The Hall–Kier alpha value is -2.77. The fourth-order valence-electron chi connectivity index (χ4n) is 1.56. The van der Waals surface area contributed by atoms with Crippen molar-refractivity contribution in [1.82, 2.24) is 4.90 Å². The molecule has 2 amide bonds. The molecule has 0 aliphatic heterocycles. The van der Waals surface area contributed by atoms with Crippen molar-refractivity contribution in [2.75, 3.05) is 25.0 Å². The first-order chi connectivity index (χ1) is 9.92. The van der Waals surface area contributed by atoms with Gasteiger partial charge in [0.25, 0.3) is 0 Å². The summed E-state index contributed by atoms with van der Waals surface area (Å²) in [6.07, 6.45) is 0. The Kier molecular flexibility index (Phi) is 5.99. The molecule has 0 fully saturated rings. The second-order valence-corrected chi connectivity index (χ2v) is 4.03. The van der Waals surface area contributed by atoms with Crippen molar-refractivity contribution in [3.8, 4) is 5.75 Å². The Morgan fingerprint density at radius 2 is 1.81 bits per heavy atom. The summed E-state index contributed by atoms with van der Waals surface area (Å²) in [4.78, 5) is 33.9. The number of carboxylic acid groups (broad SMARTS) is 2. The number of carbonyl (C=O) groups is 3. The Morgan fingerprint density at radius 3 is 2.33 bits per heavy atom. The highest BCUT2D eigenvalue weighted by Crippen LogP contribution is 2.17. The number of nitrogens with one attached hydrogen (secondary N) is 1. The van der Waals surface area contributed by atoms with Gasteiger partial charge >= 0.3 is 18.0 Å². The van der Waals surface area contributed by atoms with Crippen LogP contribution < -0.4 is 10.1 Å². The van der Waals surface area contributed by atoms with Crippen molar-refractivity contribution in [2.24, 2.45) is 0 Å². The summed E-state index contributed by atoms with van der Waals surface area (Å²) in [6, 6.07) is 5.68. The highest BCUT2D eigenvalue weighted by Gasteiger charge is 2.19. The molecule has 0 radical (unpaired) electrons. The Bertz CT molecular complexity index is 515. The van der Waals surface area contributed by atoms with E-state index in [1.165, 1.54) is 0 Å². The van der Waals surface area contributed by atoms with Crippen molar-refractivity contribution >= 4 is 23.7 Å². The van der Waals surface area contributed by atoms with Gasteiger partial charge < -0.3 is 25.2 Å². The number of anilines is 1. The van der Waals surface area contributed by atoms with E-state index >= 15 is 0 Å². The summed E-state index contributed by atoms with van der Waals surface area (Å²) in [6.45, 7) is 0.862. The third-order valence-corrected chi connectivity index (χ3v) is 2.34. The lowest BCUT2D eigenvalue weighted by atomic mass is 10.3. The number of benzene rings is 1. The van der Waals surface area contributed by atoms with Gasteiger partial charge in [-0.2, -0.15) is 0 Å².